The van der Waals surface area contributed by atoms with Crippen LogP contribution in [0.1, 0.15) is 26.2 Å². The van der Waals surface area contributed by atoms with Gasteiger partial charge < -0.3 is 15.0 Å². The van der Waals surface area contributed by atoms with Gasteiger partial charge in [0.1, 0.15) is 5.75 Å². The summed E-state index contributed by atoms with van der Waals surface area (Å²) in [7, 11) is 1.42. The van der Waals surface area contributed by atoms with Gasteiger partial charge in [0.05, 0.1) is 36.9 Å². The van der Waals surface area contributed by atoms with Crippen LogP contribution in [0, 0.1) is 10.1 Å². The normalized spacial score (nSPS) is 16.8. The average Bonchev–Trinajstić information content (AvgIpc) is 2.55. The van der Waals surface area contributed by atoms with Crippen LogP contribution >= 0.6 is 0 Å². The van der Waals surface area contributed by atoms with Crippen molar-refractivity contribution in [1.29, 1.82) is 0 Å². The number of hydrogen-bond donors (Lipinski definition) is 2. The third-order valence-corrected chi connectivity index (χ3v) is 4.16. The van der Waals surface area contributed by atoms with Gasteiger partial charge in [0.25, 0.3) is 11.6 Å². The van der Waals surface area contributed by atoms with Crippen molar-refractivity contribution in [3.05, 3.63) is 28.3 Å². The van der Waals surface area contributed by atoms with E-state index in [0.717, 1.165) is 25.9 Å². The lowest BCUT2D eigenvalue weighted by atomic mass is 10.1. The minimum absolute atomic E-state index is 0.0652. The van der Waals surface area contributed by atoms with Crippen LogP contribution in [0.15, 0.2) is 18.2 Å². The minimum Gasteiger partial charge on any atom is -0.494 e. The molecule has 1 atom stereocenters. The number of carbonyl (C=O) groups is 1. The number of anilines is 1. The van der Waals surface area contributed by atoms with E-state index in [1.54, 1.807) is 0 Å². The fourth-order valence-electron chi connectivity index (χ4n) is 2.76. The Hall–Kier alpha value is -2.15. The molecule has 0 unspecified atom stereocenters. The van der Waals surface area contributed by atoms with Gasteiger partial charge in [-0.25, -0.2) is 0 Å². The number of nitro benzene ring substituents is 1. The number of hydrogen-bond acceptors (Lipinski definition) is 4. The van der Waals surface area contributed by atoms with E-state index < -0.39 is 4.92 Å². The van der Waals surface area contributed by atoms with Crippen LogP contribution in [-0.2, 0) is 4.79 Å². The zero-order valence-electron chi connectivity index (χ0n) is 12.9. The molecule has 2 N–H and O–H groups in total. The molecule has 1 fully saturated rings. The van der Waals surface area contributed by atoms with Gasteiger partial charge in [-0.1, -0.05) is 0 Å². The van der Waals surface area contributed by atoms with Crippen LogP contribution in [0.25, 0.3) is 0 Å². The fourth-order valence-corrected chi connectivity index (χ4v) is 2.76. The lowest BCUT2D eigenvalue weighted by Gasteiger charge is -2.28. The largest absolute Gasteiger partial charge is 0.494 e. The number of quaternary nitrogens is 1. The Morgan fingerprint density at radius 3 is 2.64 bits per heavy atom. The van der Waals surface area contributed by atoms with Crippen molar-refractivity contribution < 1.29 is 19.4 Å². The molecule has 1 aromatic rings. The molecule has 120 valence electrons. The molecule has 0 bridgehead atoms. The van der Waals surface area contributed by atoms with Gasteiger partial charge in [-0.15, -0.1) is 0 Å². The highest BCUT2D eigenvalue weighted by Gasteiger charge is 2.27. The summed E-state index contributed by atoms with van der Waals surface area (Å²) in [4.78, 5) is 23.9. The first kappa shape index (κ1) is 16.2. The molecule has 1 heterocycles. The van der Waals surface area contributed by atoms with E-state index >= 15 is 0 Å². The summed E-state index contributed by atoms with van der Waals surface area (Å²) in [6.45, 7) is 3.92. The minimum atomic E-state index is -0.491. The maximum atomic E-state index is 12.4. The van der Waals surface area contributed by atoms with Crippen molar-refractivity contribution >= 4 is 17.3 Å². The molecule has 1 aromatic carbocycles. The van der Waals surface area contributed by atoms with Crippen LogP contribution in [0.5, 0.6) is 5.75 Å². The van der Waals surface area contributed by atoms with E-state index in [1.165, 1.54) is 36.6 Å². The molecule has 22 heavy (non-hydrogen) atoms. The predicted octanol–water partition coefficient (Wildman–Crippen LogP) is 0.999. The zero-order valence-corrected chi connectivity index (χ0v) is 12.9. The number of benzene rings is 1. The summed E-state index contributed by atoms with van der Waals surface area (Å²) in [5, 5.41) is 13.6. The summed E-state index contributed by atoms with van der Waals surface area (Å²) in [6, 6.07) is 4.03. The van der Waals surface area contributed by atoms with E-state index in [4.69, 9.17) is 4.74 Å². The molecule has 0 spiro atoms. The second-order valence-electron chi connectivity index (χ2n) is 5.57. The molecule has 2 rings (SSSR count). The summed E-state index contributed by atoms with van der Waals surface area (Å²) in [6.07, 6.45) is 3.52. The molecule has 1 aliphatic heterocycles. The van der Waals surface area contributed by atoms with Gasteiger partial charge in [-0.05, 0) is 32.3 Å². The van der Waals surface area contributed by atoms with Gasteiger partial charge in [-0.2, -0.15) is 0 Å². The Bertz CT molecular complexity index is 556. The Morgan fingerprint density at radius 1 is 1.36 bits per heavy atom. The smallest absolute Gasteiger partial charge is 0.282 e. The lowest BCUT2D eigenvalue weighted by molar-refractivity contribution is -0.918. The van der Waals surface area contributed by atoms with Crippen LogP contribution in [-0.4, -0.2) is 37.1 Å². The van der Waals surface area contributed by atoms with Crippen LogP contribution in [0.2, 0.25) is 0 Å². The first-order chi connectivity index (χ1) is 10.5. The van der Waals surface area contributed by atoms with Crippen molar-refractivity contribution in [2.45, 2.75) is 32.2 Å². The number of rotatable bonds is 5. The molecule has 7 heteroatoms. The number of ether oxygens (including phenoxy) is 1. The van der Waals surface area contributed by atoms with E-state index in [0.29, 0.717) is 11.4 Å². The Balaban J connectivity index is 2.08. The Morgan fingerprint density at radius 2 is 2.05 bits per heavy atom. The van der Waals surface area contributed by atoms with Gasteiger partial charge in [0, 0.05) is 6.07 Å². The van der Waals surface area contributed by atoms with Gasteiger partial charge >= 0.3 is 0 Å². The zero-order chi connectivity index (χ0) is 16.1. The topological polar surface area (TPSA) is 85.9 Å². The third-order valence-electron chi connectivity index (χ3n) is 4.16. The van der Waals surface area contributed by atoms with E-state index in [9.17, 15) is 14.9 Å². The maximum Gasteiger partial charge on any atom is 0.282 e. The number of nitro groups is 1. The standard InChI is InChI=1S/C15H21N3O4/c1-11(17-8-4-3-5-9-17)15(19)16-13-7-6-12(18(20)21)10-14(13)22-2/h6-7,10-11H,3-5,8-9H2,1-2H3,(H,16,19)/p+1/t11-/m1/s1. The monoisotopic (exact) mass is 308 g/mol. The number of carbonyl (C=O) groups excluding carboxylic acids is 1. The van der Waals surface area contributed by atoms with Crippen molar-refractivity contribution in [3.8, 4) is 5.75 Å². The SMILES string of the molecule is COc1cc([N+](=O)[O-])ccc1NC(=O)[C@@H](C)[NH+]1CCCCC1. The van der Waals surface area contributed by atoms with Crippen LogP contribution < -0.4 is 15.0 Å². The van der Waals surface area contributed by atoms with Gasteiger partial charge in [-0.3, -0.25) is 14.9 Å². The summed E-state index contributed by atoms with van der Waals surface area (Å²) < 4.78 is 5.14. The third kappa shape index (κ3) is 3.73. The first-order valence-corrected chi connectivity index (χ1v) is 7.51. The number of nitrogens with one attached hydrogen (secondary N) is 2. The molecule has 1 saturated heterocycles. The predicted molar refractivity (Wildman–Crippen MR) is 82.3 cm³/mol. The summed E-state index contributed by atoms with van der Waals surface area (Å²) in [5.74, 6) is 0.201. The molecule has 0 aliphatic carbocycles. The van der Waals surface area contributed by atoms with Crippen molar-refractivity contribution in [3.63, 3.8) is 0 Å². The van der Waals surface area contributed by atoms with E-state index in [1.807, 2.05) is 6.92 Å². The van der Waals surface area contributed by atoms with Gasteiger partial charge in [0.15, 0.2) is 6.04 Å². The van der Waals surface area contributed by atoms with Crippen LogP contribution in [0.3, 0.4) is 0 Å². The molecule has 0 aromatic heterocycles. The number of non-ortho nitro benzene ring substituents is 1. The molecule has 1 aliphatic rings. The Labute approximate surface area is 129 Å². The number of methoxy groups -OCH3 is 1. The second-order valence-corrected chi connectivity index (χ2v) is 5.57. The summed E-state index contributed by atoms with van der Waals surface area (Å²) >= 11 is 0. The van der Waals surface area contributed by atoms with Crippen molar-refractivity contribution in [2.24, 2.45) is 0 Å². The number of nitrogens with zero attached hydrogens (tertiary/aromatic N) is 1. The van der Waals surface area contributed by atoms with Crippen molar-refractivity contribution in [2.75, 3.05) is 25.5 Å². The van der Waals surface area contributed by atoms with Crippen LogP contribution in [0.4, 0.5) is 11.4 Å². The Kier molecular flexibility index (Phi) is 5.32. The number of amides is 1. The number of piperidine rings is 1. The average molecular weight is 308 g/mol. The number of likely N-dealkylation sites (tertiary alicyclic amines) is 1. The van der Waals surface area contributed by atoms with Crippen molar-refractivity contribution in [1.82, 2.24) is 0 Å². The summed E-state index contributed by atoms with van der Waals surface area (Å²) in [5.41, 5.74) is 0.394. The lowest BCUT2D eigenvalue weighted by Crippen LogP contribution is -3.17. The first-order valence-electron chi connectivity index (χ1n) is 7.51. The highest BCUT2D eigenvalue weighted by Crippen LogP contribution is 2.28. The molecule has 7 nitrogen and oxygen atoms in total. The molecular weight excluding hydrogens is 286 g/mol. The molecule has 0 saturated carbocycles. The van der Waals surface area contributed by atoms with E-state index in [2.05, 4.69) is 5.32 Å². The maximum absolute atomic E-state index is 12.4. The van der Waals surface area contributed by atoms with Gasteiger partial charge in [0.2, 0.25) is 0 Å². The molecule has 1 amide bonds. The molecule has 0 radical (unpaired) electrons. The second kappa shape index (κ2) is 7.22. The fraction of sp³-hybridized carbons (Fsp3) is 0.533. The highest BCUT2D eigenvalue weighted by molar-refractivity contribution is 5.95. The van der Waals surface area contributed by atoms with E-state index in [-0.39, 0.29) is 17.6 Å². The molecular formula is C15H22N3O4+. The highest BCUT2D eigenvalue weighted by atomic mass is 16.6. The quantitative estimate of drug-likeness (QED) is 0.627.